The van der Waals surface area contributed by atoms with Crippen molar-refractivity contribution in [1.29, 1.82) is 0 Å². The number of para-hydroxylation sites is 1. The van der Waals surface area contributed by atoms with Crippen LogP contribution in [0.15, 0.2) is 48.5 Å². The lowest BCUT2D eigenvalue weighted by Crippen LogP contribution is -2.30. The molecule has 4 rings (SSSR count). The SMILES string of the molecule is CCOc1cc(CNC2CCCCC2)ccc1Oc1nnnn1-c1ccccc1. The first kappa shape index (κ1) is 19.4. The Hall–Kier alpha value is -2.93. The highest BCUT2D eigenvalue weighted by atomic mass is 16.5. The summed E-state index contributed by atoms with van der Waals surface area (Å²) in [6, 6.07) is 16.6. The monoisotopic (exact) mass is 393 g/mol. The lowest BCUT2D eigenvalue weighted by molar-refractivity contribution is 0.314. The molecule has 1 saturated carbocycles. The molecule has 1 aliphatic rings. The van der Waals surface area contributed by atoms with Crippen LogP contribution in [-0.2, 0) is 6.54 Å². The molecule has 152 valence electrons. The maximum absolute atomic E-state index is 6.02. The molecule has 2 aromatic carbocycles. The van der Waals surface area contributed by atoms with Crippen molar-refractivity contribution < 1.29 is 9.47 Å². The zero-order valence-electron chi connectivity index (χ0n) is 16.8. The molecule has 0 unspecified atom stereocenters. The Morgan fingerprint density at radius 3 is 2.66 bits per heavy atom. The fourth-order valence-electron chi connectivity index (χ4n) is 3.66. The number of nitrogens with zero attached hydrogens (tertiary/aromatic N) is 4. The van der Waals surface area contributed by atoms with Gasteiger partial charge in [-0.15, -0.1) is 0 Å². The van der Waals surface area contributed by atoms with Gasteiger partial charge in [-0.3, -0.25) is 0 Å². The molecule has 0 atom stereocenters. The second-order valence-corrected chi connectivity index (χ2v) is 7.24. The first-order valence-electron chi connectivity index (χ1n) is 10.3. The minimum Gasteiger partial charge on any atom is -0.490 e. The quantitative estimate of drug-likeness (QED) is 0.616. The van der Waals surface area contributed by atoms with Crippen LogP contribution in [0.1, 0.15) is 44.6 Å². The lowest BCUT2D eigenvalue weighted by Gasteiger charge is -2.23. The molecule has 0 radical (unpaired) electrons. The van der Waals surface area contributed by atoms with Gasteiger partial charge in [-0.25, -0.2) is 0 Å². The molecule has 1 heterocycles. The Kier molecular flexibility index (Phi) is 6.36. The number of benzene rings is 2. The van der Waals surface area contributed by atoms with E-state index in [1.54, 1.807) is 4.68 Å². The van der Waals surface area contributed by atoms with E-state index in [-0.39, 0.29) is 0 Å². The summed E-state index contributed by atoms with van der Waals surface area (Å²) < 4.78 is 13.4. The summed E-state index contributed by atoms with van der Waals surface area (Å²) in [6.45, 7) is 3.34. The molecule has 0 aliphatic heterocycles. The van der Waals surface area contributed by atoms with E-state index in [0.717, 1.165) is 12.2 Å². The first-order valence-corrected chi connectivity index (χ1v) is 10.3. The molecule has 1 fully saturated rings. The number of tetrazole rings is 1. The van der Waals surface area contributed by atoms with Crippen LogP contribution in [0.3, 0.4) is 0 Å². The van der Waals surface area contributed by atoms with Crippen molar-refractivity contribution in [3.8, 4) is 23.2 Å². The summed E-state index contributed by atoms with van der Waals surface area (Å²) in [6.07, 6.45) is 6.54. The van der Waals surface area contributed by atoms with Gasteiger partial charge >= 0.3 is 6.01 Å². The smallest absolute Gasteiger partial charge is 0.346 e. The van der Waals surface area contributed by atoms with Gasteiger partial charge in [0.05, 0.1) is 12.3 Å². The molecule has 7 nitrogen and oxygen atoms in total. The molecular formula is C22H27N5O2. The third-order valence-electron chi connectivity index (χ3n) is 5.15. The van der Waals surface area contributed by atoms with Crippen LogP contribution in [0.25, 0.3) is 5.69 Å². The van der Waals surface area contributed by atoms with Crippen LogP contribution in [0.4, 0.5) is 0 Å². The summed E-state index contributed by atoms with van der Waals surface area (Å²) in [7, 11) is 0. The van der Waals surface area contributed by atoms with Crippen molar-refractivity contribution in [2.24, 2.45) is 0 Å². The molecule has 1 aromatic heterocycles. The third-order valence-corrected chi connectivity index (χ3v) is 5.15. The standard InChI is InChI=1S/C22H27N5O2/c1-2-28-21-15-17(16-23-18-9-5-3-6-10-18)13-14-20(21)29-22-24-25-26-27(22)19-11-7-4-8-12-19/h4,7-8,11-15,18,23H,2-3,5-6,9-10,16H2,1H3. The molecule has 1 N–H and O–H groups in total. The Bertz CT molecular complexity index is 907. The van der Waals surface area contributed by atoms with Crippen LogP contribution < -0.4 is 14.8 Å². The van der Waals surface area contributed by atoms with Gasteiger partial charge in [0.2, 0.25) is 0 Å². The second-order valence-electron chi connectivity index (χ2n) is 7.24. The Balaban J connectivity index is 1.49. The van der Waals surface area contributed by atoms with E-state index < -0.39 is 0 Å². The molecule has 0 bridgehead atoms. The first-order chi connectivity index (χ1) is 14.3. The minimum atomic E-state index is 0.297. The van der Waals surface area contributed by atoms with E-state index >= 15 is 0 Å². The van der Waals surface area contributed by atoms with Gasteiger partial charge in [-0.2, -0.15) is 4.68 Å². The van der Waals surface area contributed by atoms with Gasteiger partial charge < -0.3 is 14.8 Å². The molecule has 0 saturated heterocycles. The Labute approximate surface area is 171 Å². The highest BCUT2D eigenvalue weighted by Crippen LogP contribution is 2.32. The van der Waals surface area contributed by atoms with Crippen molar-refractivity contribution in [2.75, 3.05) is 6.61 Å². The Morgan fingerprint density at radius 2 is 1.86 bits per heavy atom. The molecule has 1 aliphatic carbocycles. The van der Waals surface area contributed by atoms with Gasteiger partial charge in [0.25, 0.3) is 0 Å². The van der Waals surface area contributed by atoms with Gasteiger partial charge in [-0.05, 0) is 60.0 Å². The summed E-state index contributed by atoms with van der Waals surface area (Å²) >= 11 is 0. The fraction of sp³-hybridized carbons (Fsp3) is 0.409. The van der Waals surface area contributed by atoms with E-state index in [4.69, 9.17) is 9.47 Å². The molecule has 0 spiro atoms. The van der Waals surface area contributed by atoms with E-state index in [1.807, 2.05) is 49.4 Å². The van der Waals surface area contributed by atoms with Gasteiger partial charge in [-0.1, -0.05) is 48.6 Å². The third kappa shape index (κ3) is 4.92. The van der Waals surface area contributed by atoms with Crippen LogP contribution in [0, 0.1) is 0 Å². The highest BCUT2D eigenvalue weighted by Gasteiger charge is 2.16. The van der Waals surface area contributed by atoms with Crippen molar-refractivity contribution in [2.45, 2.75) is 51.6 Å². The average molecular weight is 393 g/mol. The van der Waals surface area contributed by atoms with E-state index in [9.17, 15) is 0 Å². The van der Waals surface area contributed by atoms with Crippen molar-refractivity contribution in [3.05, 3.63) is 54.1 Å². The van der Waals surface area contributed by atoms with Crippen molar-refractivity contribution in [1.82, 2.24) is 25.5 Å². The normalized spacial score (nSPS) is 14.7. The summed E-state index contributed by atoms with van der Waals surface area (Å²) in [5.41, 5.74) is 2.01. The average Bonchev–Trinajstić information content (AvgIpc) is 3.23. The number of hydrogen-bond donors (Lipinski definition) is 1. The summed E-state index contributed by atoms with van der Waals surface area (Å²) in [5, 5.41) is 15.5. The predicted molar refractivity (Wildman–Crippen MR) is 111 cm³/mol. The maximum Gasteiger partial charge on any atom is 0.346 e. The topological polar surface area (TPSA) is 74.1 Å². The van der Waals surface area contributed by atoms with Crippen LogP contribution in [0.2, 0.25) is 0 Å². The van der Waals surface area contributed by atoms with Crippen LogP contribution in [0.5, 0.6) is 17.5 Å². The molecule has 29 heavy (non-hydrogen) atoms. The largest absolute Gasteiger partial charge is 0.490 e. The highest BCUT2D eigenvalue weighted by molar-refractivity contribution is 5.45. The fourth-order valence-corrected chi connectivity index (χ4v) is 3.66. The number of hydrogen-bond acceptors (Lipinski definition) is 6. The number of nitrogens with one attached hydrogen (secondary N) is 1. The van der Waals surface area contributed by atoms with Gasteiger partial charge in [0, 0.05) is 12.6 Å². The maximum atomic E-state index is 6.02. The lowest BCUT2D eigenvalue weighted by atomic mass is 9.95. The number of rotatable bonds is 8. The van der Waals surface area contributed by atoms with E-state index in [0.29, 0.717) is 30.2 Å². The van der Waals surface area contributed by atoms with Crippen molar-refractivity contribution in [3.63, 3.8) is 0 Å². The van der Waals surface area contributed by atoms with Crippen molar-refractivity contribution >= 4 is 0 Å². The number of ether oxygens (including phenoxy) is 2. The Morgan fingerprint density at radius 1 is 1.03 bits per heavy atom. The van der Waals surface area contributed by atoms with Crippen LogP contribution >= 0.6 is 0 Å². The minimum absolute atomic E-state index is 0.297. The van der Waals surface area contributed by atoms with E-state index in [1.165, 1.54) is 37.7 Å². The summed E-state index contributed by atoms with van der Waals surface area (Å²) in [4.78, 5) is 0. The zero-order valence-corrected chi connectivity index (χ0v) is 16.8. The molecule has 7 heteroatoms. The summed E-state index contributed by atoms with van der Waals surface area (Å²) in [5.74, 6) is 1.29. The van der Waals surface area contributed by atoms with Gasteiger partial charge in [0.1, 0.15) is 0 Å². The number of aromatic nitrogens is 4. The van der Waals surface area contributed by atoms with E-state index in [2.05, 4.69) is 26.9 Å². The van der Waals surface area contributed by atoms with Crippen LogP contribution in [-0.4, -0.2) is 32.9 Å². The molecular weight excluding hydrogens is 366 g/mol. The predicted octanol–water partition coefficient (Wildman–Crippen LogP) is 4.28. The molecule has 0 amide bonds. The molecule has 3 aromatic rings. The van der Waals surface area contributed by atoms with Gasteiger partial charge in [0.15, 0.2) is 11.5 Å². The zero-order chi connectivity index (χ0) is 19.9. The second kappa shape index (κ2) is 9.52.